The first-order valence-electron chi connectivity index (χ1n) is 8.45. The Morgan fingerprint density at radius 1 is 0.960 bits per heavy atom. The summed E-state index contributed by atoms with van der Waals surface area (Å²) in [7, 11) is 0. The number of nitrogens with one attached hydrogen (secondary N) is 2. The second-order valence-electron chi connectivity index (χ2n) is 6.51. The second-order valence-corrected chi connectivity index (χ2v) is 7.43. The number of anilines is 2. The minimum absolute atomic E-state index is 0.0374. The Kier molecular flexibility index (Phi) is 5.23. The molecule has 0 saturated heterocycles. The molecule has 130 valence electrons. The van der Waals surface area contributed by atoms with Crippen molar-refractivity contribution in [3.05, 3.63) is 58.6 Å². The van der Waals surface area contributed by atoms with E-state index in [4.69, 9.17) is 0 Å². The van der Waals surface area contributed by atoms with Crippen LogP contribution in [0.1, 0.15) is 38.2 Å². The summed E-state index contributed by atoms with van der Waals surface area (Å²) < 4.78 is 0.990. The average Bonchev–Trinajstić information content (AvgIpc) is 3.07. The lowest BCUT2D eigenvalue weighted by Crippen LogP contribution is -2.38. The van der Waals surface area contributed by atoms with Crippen molar-refractivity contribution in [3.8, 4) is 0 Å². The third-order valence-electron chi connectivity index (χ3n) is 4.73. The molecule has 0 spiro atoms. The Morgan fingerprint density at radius 3 is 2.12 bits per heavy atom. The zero-order valence-corrected chi connectivity index (χ0v) is 15.7. The van der Waals surface area contributed by atoms with E-state index < -0.39 is 5.41 Å². The lowest BCUT2D eigenvalue weighted by Gasteiger charge is -2.28. The van der Waals surface area contributed by atoms with Crippen LogP contribution in [0.5, 0.6) is 0 Å². The van der Waals surface area contributed by atoms with E-state index in [1.807, 2.05) is 36.4 Å². The molecule has 0 atom stereocenters. The smallest absolute Gasteiger partial charge is 0.235 e. The Labute approximate surface area is 156 Å². The first-order valence-corrected chi connectivity index (χ1v) is 9.24. The number of carbonyl (C=O) groups excluding carboxylic acids is 2. The van der Waals surface area contributed by atoms with Crippen molar-refractivity contribution in [2.75, 3.05) is 10.6 Å². The van der Waals surface area contributed by atoms with Gasteiger partial charge in [-0.2, -0.15) is 0 Å². The molecule has 0 heterocycles. The van der Waals surface area contributed by atoms with Gasteiger partial charge >= 0.3 is 0 Å². The van der Waals surface area contributed by atoms with Gasteiger partial charge in [0.2, 0.25) is 11.8 Å². The predicted molar refractivity (Wildman–Crippen MR) is 104 cm³/mol. The highest BCUT2D eigenvalue weighted by Crippen LogP contribution is 2.42. The number of hydrogen-bond acceptors (Lipinski definition) is 2. The van der Waals surface area contributed by atoms with Crippen LogP contribution in [0.4, 0.5) is 11.4 Å². The quantitative estimate of drug-likeness (QED) is 0.769. The molecule has 3 rings (SSSR count). The number of halogens is 1. The maximum Gasteiger partial charge on any atom is 0.235 e. The van der Waals surface area contributed by atoms with Crippen LogP contribution in [0.25, 0.3) is 0 Å². The number of benzene rings is 2. The van der Waals surface area contributed by atoms with Crippen molar-refractivity contribution in [3.63, 3.8) is 0 Å². The van der Waals surface area contributed by atoms with Crippen molar-refractivity contribution in [1.82, 2.24) is 0 Å². The summed E-state index contributed by atoms with van der Waals surface area (Å²) in [5, 5.41) is 5.78. The van der Waals surface area contributed by atoms with E-state index in [1.165, 1.54) is 6.92 Å². The van der Waals surface area contributed by atoms with Gasteiger partial charge in [-0.05, 0) is 54.8 Å². The molecule has 2 amide bonds. The van der Waals surface area contributed by atoms with Gasteiger partial charge in [0, 0.05) is 22.8 Å². The molecule has 2 N–H and O–H groups in total. The molecule has 0 aliphatic heterocycles. The molecule has 4 nitrogen and oxygen atoms in total. The highest BCUT2D eigenvalue weighted by molar-refractivity contribution is 9.10. The molecular formula is C20H21BrN2O2. The molecule has 0 bridgehead atoms. The molecule has 5 heteroatoms. The largest absolute Gasteiger partial charge is 0.326 e. The van der Waals surface area contributed by atoms with E-state index in [2.05, 4.69) is 26.6 Å². The normalized spacial score (nSPS) is 15.6. The fourth-order valence-electron chi connectivity index (χ4n) is 3.50. The third-order valence-corrected chi connectivity index (χ3v) is 5.23. The molecule has 25 heavy (non-hydrogen) atoms. The van der Waals surface area contributed by atoms with Crippen molar-refractivity contribution < 1.29 is 9.59 Å². The summed E-state index contributed by atoms with van der Waals surface area (Å²) >= 11 is 3.51. The maximum absolute atomic E-state index is 13.1. The summed E-state index contributed by atoms with van der Waals surface area (Å²) in [5.74, 6) is -0.0771. The van der Waals surface area contributed by atoms with E-state index >= 15 is 0 Å². The van der Waals surface area contributed by atoms with Crippen molar-refractivity contribution >= 4 is 39.1 Å². The zero-order valence-electron chi connectivity index (χ0n) is 14.1. The summed E-state index contributed by atoms with van der Waals surface area (Å²) in [6, 6.07) is 15.2. The van der Waals surface area contributed by atoms with Gasteiger partial charge in [-0.15, -0.1) is 0 Å². The Hall–Kier alpha value is -2.14. The van der Waals surface area contributed by atoms with Gasteiger partial charge < -0.3 is 10.6 Å². The molecule has 0 unspecified atom stereocenters. The van der Waals surface area contributed by atoms with Gasteiger partial charge in [0.25, 0.3) is 0 Å². The first kappa shape index (κ1) is 17.7. The molecule has 0 radical (unpaired) electrons. The molecule has 1 fully saturated rings. The Morgan fingerprint density at radius 2 is 1.56 bits per heavy atom. The molecular weight excluding hydrogens is 380 g/mol. The Bertz CT molecular complexity index is 781. The van der Waals surface area contributed by atoms with E-state index in [1.54, 1.807) is 12.1 Å². The van der Waals surface area contributed by atoms with E-state index in [-0.39, 0.29) is 11.8 Å². The van der Waals surface area contributed by atoms with Gasteiger partial charge in [0.15, 0.2) is 0 Å². The Balaban J connectivity index is 1.81. The van der Waals surface area contributed by atoms with Crippen LogP contribution in [-0.4, -0.2) is 11.8 Å². The van der Waals surface area contributed by atoms with Gasteiger partial charge in [-0.25, -0.2) is 0 Å². The lowest BCUT2D eigenvalue weighted by molar-refractivity contribution is -0.121. The number of carbonyl (C=O) groups is 2. The van der Waals surface area contributed by atoms with Crippen LogP contribution in [0, 0.1) is 0 Å². The number of rotatable bonds is 4. The van der Waals surface area contributed by atoms with Crippen molar-refractivity contribution in [2.45, 2.75) is 38.0 Å². The minimum atomic E-state index is -0.472. The molecule has 1 aliphatic rings. The highest BCUT2D eigenvalue weighted by atomic mass is 79.9. The lowest BCUT2D eigenvalue weighted by atomic mass is 9.78. The monoisotopic (exact) mass is 400 g/mol. The minimum Gasteiger partial charge on any atom is -0.326 e. The van der Waals surface area contributed by atoms with Gasteiger partial charge in [0.1, 0.15) is 0 Å². The topological polar surface area (TPSA) is 58.2 Å². The maximum atomic E-state index is 13.1. The van der Waals surface area contributed by atoms with Crippen molar-refractivity contribution in [2.24, 2.45) is 0 Å². The van der Waals surface area contributed by atoms with E-state index in [0.717, 1.165) is 41.4 Å². The van der Waals surface area contributed by atoms with Gasteiger partial charge in [-0.3, -0.25) is 9.59 Å². The number of hydrogen-bond donors (Lipinski definition) is 2. The van der Waals surface area contributed by atoms with Crippen molar-refractivity contribution in [1.29, 1.82) is 0 Å². The standard InChI is InChI=1S/C20H21BrN2O2/c1-14(24)22-17-7-9-18(10-8-17)23-19(25)20(11-2-3-12-20)15-5-4-6-16(21)13-15/h4-10,13H,2-3,11-12H2,1H3,(H,22,24)(H,23,25). The van der Waals surface area contributed by atoms with Gasteiger partial charge in [0.05, 0.1) is 5.41 Å². The van der Waals surface area contributed by atoms with Crippen LogP contribution in [0.2, 0.25) is 0 Å². The summed E-state index contributed by atoms with van der Waals surface area (Å²) in [5.41, 5.74) is 2.04. The SMILES string of the molecule is CC(=O)Nc1ccc(NC(=O)C2(c3cccc(Br)c3)CCCC2)cc1. The summed E-state index contributed by atoms with van der Waals surface area (Å²) in [6.07, 6.45) is 3.83. The fourth-order valence-corrected chi connectivity index (χ4v) is 3.90. The van der Waals surface area contributed by atoms with Crippen LogP contribution in [0.15, 0.2) is 53.0 Å². The van der Waals surface area contributed by atoms with Crippen LogP contribution < -0.4 is 10.6 Å². The molecule has 2 aromatic rings. The van der Waals surface area contributed by atoms with Crippen LogP contribution in [0.3, 0.4) is 0 Å². The molecule has 2 aromatic carbocycles. The van der Waals surface area contributed by atoms with E-state index in [0.29, 0.717) is 5.69 Å². The molecule has 1 saturated carbocycles. The number of amides is 2. The molecule has 0 aromatic heterocycles. The predicted octanol–water partition coefficient (Wildman–Crippen LogP) is 4.86. The zero-order chi connectivity index (χ0) is 17.9. The van der Waals surface area contributed by atoms with Gasteiger partial charge in [-0.1, -0.05) is 40.9 Å². The highest BCUT2D eigenvalue weighted by Gasteiger charge is 2.42. The van der Waals surface area contributed by atoms with E-state index in [9.17, 15) is 9.59 Å². The third kappa shape index (κ3) is 3.93. The summed E-state index contributed by atoms with van der Waals surface area (Å²) in [6.45, 7) is 1.47. The van der Waals surface area contributed by atoms with Crippen LogP contribution in [-0.2, 0) is 15.0 Å². The molecule has 1 aliphatic carbocycles. The fraction of sp³-hybridized carbons (Fsp3) is 0.300. The average molecular weight is 401 g/mol. The van der Waals surface area contributed by atoms with Crippen LogP contribution >= 0.6 is 15.9 Å². The second kappa shape index (κ2) is 7.40. The summed E-state index contributed by atoms with van der Waals surface area (Å²) in [4.78, 5) is 24.2. The first-order chi connectivity index (χ1) is 12.0.